The maximum atomic E-state index is 13.1. The normalized spacial score (nSPS) is 12.7. The molecule has 1 N–H and O–H groups in total. The maximum absolute atomic E-state index is 13.1. The molecule has 1 atom stereocenters. The van der Waals surface area contributed by atoms with Crippen molar-refractivity contribution in [1.29, 1.82) is 0 Å². The van der Waals surface area contributed by atoms with Gasteiger partial charge in [-0.15, -0.1) is 0 Å². The predicted molar refractivity (Wildman–Crippen MR) is 143 cm³/mol. The van der Waals surface area contributed by atoms with Gasteiger partial charge in [-0.2, -0.15) is 0 Å². The third-order valence-electron chi connectivity index (χ3n) is 6.41. The van der Waals surface area contributed by atoms with Crippen molar-refractivity contribution in [2.75, 3.05) is 13.2 Å². The van der Waals surface area contributed by atoms with Crippen LogP contribution in [0.2, 0.25) is 0 Å². The second-order valence-electron chi connectivity index (χ2n) is 9.49. The number of rotatable bonds is 22. The third kappa shape index (κ3) is 13.5. The number of carbonyl (C=O) groups excluding carboxylic acids is 2. The highest BCUT2D eigenvalue weighted by Crippen LogP contribution is 2.27. The van der Waals surface area contributed by atoms with Gasteiger partial charge in [0.1, 0.15) is 24.6 Å². The molecule has 0 fully saturated rings. The molecule has 1 unspecified atom stereocenters. The molecule has 0 radical (unpaired) electrons. The lowest BCUT2D eigenvalue weighted by Gasteiger charge is -2.26. The Balaban J connectivity index is 2.35. The second kappa shape index (κ2) is 19.1. The predicted octanol–water partition coefficient (Wildman–Crippen LogP) is 7.60. The van der Waals surface area contributed by atoms with Gasteiger partial charge in [-0.3, -0.25) is 4.79 Å². The van der Waals surface area contributed by atoms with Crippen LogP contribution in [0, 0.1) is 0 Å². The summed E-state index contributed by atoms with van der Waals surface area (Å²) in [7, 11) is 0. The molecule has 1 rings (SSSR count). The van der Waals surface area contributed by atoms with Crippen LogP contribution in [0.15, 0.2) is 36.9 Å². The summed E-state index contributed by atoms with van der Waals surface area (Å²) in [5, 5.41) is 11.2. The summed E-state index contributed by atoms with van der Waals surface area (Å²) in [6.07, 6.45) is 17.9. The molecule has 0 saturated heterocycles. The molecule has 0 saturated carbocycles. The van der Waals surface area contributed by atoms with E-state index in [1.54, 1.807) is 24.3 Å². The van der Waals surface area contributed by atoms with Gasteiger partial charge in [0.25, 0.3) is 0 Å². The van der Waals surface area contributed by atoms with E-state index in [9.17, 15) is 14.7 Å². The molecule has 0 aromatic heterocycles. The number of ketones is 1. The van der Waals surface area contributed by atoms with Crippen LogP contribution in [0.3, 0.4) is 0 Å². The average molecular weight is 489 g/mol. The van der Waals surface area contributed by atoms with Gasteiger partial charge in [-0.1, -0.05) is 104 Å². The van der Waals surface area contributed by atoms with Crippen LogP contribution < -0.4 is 4.74 Å². The lowest BCUT2D eigenvalue weighted by atomic mass is 9.84. The number of carbonyl (C=O) groups is 2. The van der Waals surface area contributed by atoms with E-state index >= 15 is 0 Å². The van der Waals surface area contributed by atoms with Crippen molar-refractivity contribution in [2.24, 2.45) is 0 Å². The summed E-state index contributed by atoms with van der Waals surface area (Å²) in [6, 6.07) is 6.80. The van der Waals surface area contributed by atoms with Gasteiger partial charge in [0.15, 0.2) is 5.78 Å². The van der Waals surface area contributed by atoms with E-state index in [4.69, 9.17) is 9.47 Å². The zero-order valence-electron chi connectivity index (χ0n) is 22.2. The van der Waals surface area contributed by atoms with Crippen LogP contribution in [0.5, 0.6) is 5.75 Å². The molecule has 5 heteroatoms. The fourth-order valence-electron chi connectivity index (χ4n) is 4.36. The molecular weight excluding hydrogens is 440 g/mol. The Morgan fingerprint density at radius 3 is 1.86 bits per heavy atom. The minimum Gasteiger partial charge on any atom is -0.490 e. The summed E-state index contributed by atoms with van der Waals surface area (Å²) in [5.74, 6) is -0.122. The van der Waals surface area contributed by atoms with Gasteiger partial charge in [-0.25, -0.2) is 4.79 Å². The van der Waals surface area contributed by atoms with E-state index in [0.717, 1.165) is 25.3 Å². The van der Waals surface area contributed by atoms with Gasteiger partial charge in [-0.05, 0) is 37.1 Å². The lowest BCUT2D eigenvalue weighted by molar-refractivity contribution is -0.138. The molecule has 0 bridgehead atoms. The Labute approximate surface area is 213 Å². The van der Waals surface area contributed by atoms with Gasteiger partial charge < -0.3 is 14.6 Å². The average Bonchev–Trinajstić information content (AvgIpc) is 2.87. The van der Waals surface area contributed by atoms with Crippen molar-refractivity contribution in [1.82, 2.24) is 0 Å². The maximum Gasteiger partial charge on any atom is 0.330 e. The number of unbranched alkanes of at least 4 members (excludes halogenated alkanes) is 11. The monoisotopic (exact) mass is 488 g/mol. The molecule has 0 aliphatic heterocycles. The van der Waals surface area contributed by atoms with Gasteiger partial charge in [0.05, 0.1) is 0 Å². The second-order valence-corrected chi connectivity index (χ2v) is 9.49. The third-order valence-corrected chi connectivity index (χ3v) is 6.41. The molecule has 1 aromatic carbocycles. The topological polar surface area (TPSA) is 72.8 Å². The van der Waals surface area contributed by atoms with E-state index in [1.165, 1.54) is 64.2 Å². The highest BCUT2D eigenvalue weighted by atomic mass is 16.6. The first-order valence-electron chi connectivity index (χ1n) is 13.8. The largest absolute Gasteiger partial charge is 0.490 e. The molecule has 0 spiro atoms. The zero-order chi connectivity index (χ0) is 25.8. The van der Waals surface area contributed by atoms with Crippen molar-refractivity contribution in [3.05, 3.63) is 42.5 Å². The van der Waals surface area contributed by atoms with Crippen LogP contribution in [-0.2, 0) is 9.53 Å². The zero-order valence-corrected chi connectivity index (χ0v) is 22.2. The highest BCUT2D eigenvalue weighted by molar-refractivity contribution is 6.02. The summed E-state index contributed by atoms with van der Waals surface area (Å²) >= 11 is 0. The molecule has 0 amide bonds. The quantitative estimate of drug-likeness (QED) is 0.0787. The molecule has 5 nitrogen and oxygen atoms in total. The first-order chi connectivity index (χ1) is 17.0. The van der Waals surface area contributed by atoms with Gasteiger partial charge >= 0.3 is 5.97 Å². The number of hydrogen-bond donors (Lipinski definition) is 1. The van der Waals surface area contributed by atoms with Crippen molar-refractivity contribution in [3.63, 3.8) is 0 Å². The Morgan fingerprint density at radius 2 is 1.34 bits per heavy atom. The van der Waals surface area contributed by atoms with Crippen LogP contribution >= 0.6 is 0 Å². The Morgan fingerprint density at radius 1 is 0.800 bits per heavy atom. The molecule has 1 aromatic rings. The first-order valence-corrected chi connectivity index (χ1v) is 13.8. The molecule has 0 heterocycles. The van der Waals surface area contributed by atoms with Crippen molar-refractivity contribution in [2.45, 2.75) is 116 Å². The van der Waals surface area contributed by atoms with Crippen LogP contribution in [-0.4, -0.2) is 35.7 Å². The van der Waals surface area contributed by atoms with E-state index in [-0.39, 0.29) is 19.0 Å². The number of aliphatic hydroxyl groups is 1. The number of benzene rings is 1. The van der Waals surface area contributed by atoms with E-state index in [0.29, 0.717) is 24.2 Å². The van der Waals surface area contributed by atoms with E-state index in [1.807, 2.05) is 6.92 Å². The van der Waals surface area contributed by atoms with Crippen molar-refractivity contribution < 1.29 is 24.2 Å². The smallest absolute Gasteiger partial charge is 0.330 e. The first kappa shape index (κ1) is 30.9. The highest BCUT2D eigenvalue weighted by Gasteiger charge is 2.34. The summed E-state index contributed by atoms with van der Waals surface area (Å²) in [5.41, 5.74) is -0.820. The van der Waals surface area contributed by atoms with Crippen LogP contribution in [0.25, 0.3) is 0 Å². The number of Topliss-reactive ketones (excluding diaryl/α,β-unsaturated/α-hetero) is 1. The van der Waals surface area contributed by atoms with Crippen molar-refractivity contribution >= 4 is 11.8 Å². The number of ether oxygens (including phenoxy) is 2. The summed E-state index contributed by atoms with van der Waals surface area (Å²) in [6.45, 7) is 7.93. The molecule has 35 heavy (non-hydrogen) atoms. The minimum atomic E-state index is -1.31. The van der Waals surface area contributed by atoms with Crippen LogP contribution in [0.1, 0.15) is 121 Å². The van der Waals surface area contributed by atoms with E-state index in [2.05, 4.69) is 13.5 Å². The Hall–Kier alpha value is -2.14. The molecule has 0 aliphatic rings. The minimum absolute atomic E-state index is 0.126. The molecule has 0 aliphatic carbocycles. The Bertz CT molecular complexity index is 712. The summed E-state index contributed by atoms with van der Waals surface area (Å²) < 4.78 is 10.4. The number of hydrogen-bond acceptors (Lipinski definition) is 5. The van der Waals surface area contributed by atoms with Crippen molar-refractivity contribution in [3.8, 4) is 5.75 Å². The fourth-order valence-corrected chi connectivity index (χ4v) is 4.36. The SMILES string of the molecule is C=CC(=O)OCCOc1ccc(C(=O)C(O)(CCC)CCCCCCCCCCCCCC)cc1. The molecular formula is C30H48O5. The fraction of sp³-hybridized carbons (Fsp3) is 0.667. The number of esters is 1. The van der Waals surface area contributed by atoms with Gasteiger partial charge in [0, 0.05) is 11.6 Å². The standard InChI is InChI=1S/C30H48O5/c1-4-7-8-9-10-11-12-13-14-15-16-17-23-30(33,22-5-2)29(32)26-18-20-27(21-19-26)34-24-25-35-28(31)6-3/h6,18-21,33H,3-5,7-17,22-25H2,1-2H3. The molecule has 198 valence electrons. The van der Waals surface area contributed by atoms with Gasteiger partial charge in [0.2, 0.25) is 0 Å². The lowest BCUT2D eigenvalue weighted by Crippen LogP contribution is -2.38. The van der Waals surface area contributed by atoms with Crippen LogP contribution in [0.4, 0.5) is 0 Å². The Kier molecular flexibility index (Phi) is 16.9. The summed E-state index contributed by atoms with van der Waals surface area (Å²) in [4.78, 5) is 24.1. The van der Waals surface area contributed by atoms with E-state index < -0.39 is 11.6 Å².